The van der Waals surface area contributed by atoms with Crippen molar-refractivity contribution >= 4 is 6.08 Å². The van der Waals surface area contributed by atoms with Crippen molar-refractivity contribution in [2.45, 2.75) is 19.8 Å². The topological polar surface area (TPSA) is 12.4 Å². The lowest BCUT2D eigenvalue weighted by molar-refractivity contribution is 1.07. The van der Waals surface area contributed by atoms with Gasteiger partial charge in [0.2, 0.25) is 0 Å². The monoisotopic (exact) mass is 171 g/mol. The Morgan fingerprint density at radius 3 is 3.08 bits per heavy atom. The summed E-state index contributed by atoms with van der Waals surface area (Å²) in [6.45, 7) is 2.11. The summed E-state index contributed by atoms with van der Waals surface area (Å²) in [5.74, 6) is 0. The summed E-state index contributed by atoms with van der Waals surface area (Å²) in [7, 11) is 0. The first kappa shape index (κ1) is 8.24. The van der Waals surface area contributed by atoms with E-state index >= 15 is 0 Å². The molecule has 0 saturated carbocycles. The van der Waals surface area contributed by atoms with E-state index in [2.05, 4.69) is 42.3 Å². The van der Waals surface area contributed by atoms with Crippen molar-refractivity contribution in [3.05, 3.63) is 46.6 Å². The Morgan fingerprint density at radius 2 is 2.15 bits per heavy atom. The van der Waals surface area contributed by atoms with Gasteiger partial charge in [-0.15, -0.1) is 0 Å². The lowest BCUT2D eigenvalue weighted by Gasteiger charge is -1.96. The number of hydrogen-bond donors (Lipinski definition) is 0. The Labute approximate surface area is 78.1 Å². The molecule has 0 atom stereocenters. The van der Waals surface area contributed by atoms with E-state index < -0.39 is 0 Å². The molecule has 1 heterocycles. The van der Waals surface area contributed by atoms with Crippen molar-refractivity contribution in [3.8, 4) is 0 Å². The lowest BCUT2D eigenvalue weighted by atomic mass is 10.1. The molecule has 2 rings (SSSR count). The Morgan fingerprint density at radius 1 is 1.23 bits per heavy atom. The second-order valence-electron chi connectivity index (χ2n) is 3.36. The summed E-state index contributed by atoms with van der Waals surface area (Å²) in [5.41, 5.74) is 1.30. The number of fused-ring (bicyclic) bond motifs is 1. The van der Waals surface area contributed by atoms with Gasteiger partial charge in [0.1, 0.15) is 0 Å². The maximum absolute atomic E-state index is 4.38. The van der Waals surface area contributed by atoms with Gasteiger partial charge in [0.15, 0.2) is 0 Å². The molecule has 0 radical (unpaired) electrons. The highest BCUT2D eigenvalue weighted by atomic mass is 14.7. The average molecular weight is 171 g/mol. The third-order valence-electron chi connectivity index (χ3n) is 2.20. The van der Waals surface area contributed by atoms with Gasteiger partial charge in [-0.2, -0.15) is 0 Å². The van der Waals surface area contributed by atoms with Gasteiger partial charge in [-0.3, -0.25) is 4.99 Å². The van der Waals surface area contributed by atoms with Crippen LogP contribution >= 0.6 is 0 Å². The molecule has 1 aromatic carbocycles. The molecule has 0 fully saturated rings. The van der Waals surface area contributed by atoms with Crippen LogP contribution in [-0.2, 0) is 0 Å². The van der Waals surface area contributed by atoms with Crippen LogP contribution in [0.3, 0.4) is 0 Å². The fraction of sp³-hybridized carbons (Fsp3) is 0.250. The molecule has 0 spiro atoms. The van der Waals surface area contributed by atoms with Crippen molar-refractivity contribution in [2.75, 3.05) is 0 Å². The smallest absolute Gasteiger partial charge is 0.0698 e. The number of aryl methyl sites for hydroxylation is 1. The number of hydrogen-bond acceptors (Lipinski definition) is 1. The Bertz CT molecular complexity index is 441. The van der Waals surface area contributed by atoms with Crippen molar-refractivity contribution < 1.29 is 0 Å². The summed E-state index contributed by atoms with van der Waals surface area (Å²) < 4.78 is 0. The molecule has 13 heavy (non-hydrogen) atoms. The Hall–Kier alpha value is -1.37. The lowest BCUT2D eigenvalue weighted by Crippen LogP contribution is -2.24. The van der Waals surface area contributed by atoms with Crippen molar-refractivity contribution in [1.82, 2.24) is 0 Å². The number of allylic oxidation sites excluding steroid dienone is 1. The Kier molecular flexibility index (Phi) is 2.26. The first-order valence-corrected chi connectivity index (χ1v) is 4.66. The normalized spacial score (nSPS) is 22.5. The van der Waals surface area contributed by atoms with Crippen LogP contribution in [0.25, 0.3) is 6.08 Å². The Balaban J connectivity index is 2.71. The van der Waals surface area contributed by atoms with E-state index in [0.29, 0.717) is 0 Å². The molecule has 1 nitrogen and oxygen atoms in total. The predicted molar refractivity (Wildman–Crippen MR) is 54.8 cm³/mol. The molecule has 0 N–H and O–H groups in total. The minimum atomic E-state index is 1.08. The van der Waals surface area contributed by atoms with Gasteiger partial charge in [-0.05, 0) is 31.1 Å². The van der Waals surface area contributed by atoms with Gasteiger partial charge in [-0.1, -0.05) is 29.8 Å². The van der Waals surface area contributed by atoms with Gasteiger partial charge < -0.3 is 0 Å². The van der Waals surface area contributed by atoms with Crippen molar-refractivity contribution in [2.24, 2.45) is 4.99 Å². The van der Waals surface area contributed by atoms with E-state index in [1.807, 2.05) is 6.20 Å². The van der Waals surface area contributed by atoms with Gasteiger partial charge in [0.05, 0.1) is 5.36 Å². The number of benzene rings is 1. The second kappa shape index (κ2) is 3.56. The molecule has 0 aliphatic carbocycles. The molecular weight excluding hydrogens is 158 g/mol. The molecule has 0 saturated heterocycles. The molecule has 1 heteroatoms. The molecule has 1 aliphatic heterocycles. The largest absolute Gasteiger partial charge is 0.257 e. The maximum Gasteiger partial charge on any atom is 0.0698 e. The number of rotatable bonds is 0. The highest BCUT2D eigenvalue weighted by Crippen LogP contribution is 1.95. The van der Waals surface area contributed by atoms with Gasteiger partial charge in [0.25, 0.3) is 0 Å². The SMILES string of the molecule is Cc1ccc2/c(c1)=C\CC\C=C/N=2. The number of nitrogens with zero attached hydrogens (tertiary/aromatic N) is 1. The van der Waals surface area contributed by atoms with Crippen LogP contribution in [-0.4, -0.2) is 0 Å². The second-order valence-corrected chi connectivity index (χ2v) is 3.36. The van der Waals surface area contributed by atoms with Crippen LogP contribution in [0.1, 0.15) is 18.4 Å². The van der Waals surface area contributed by atoms with Gasteiger partial charge in [0, 0.05) is 6.20 Å². The third-order valence-corrected chi connectivity index (χ3v) is 2.20. The van der Waals surface area contributed by atoms with E-state index in [1.165, 1.54) is 10.8 Å². The van der Waals surface area contributed by atoms with E-state index in [-0.39, 0.29) is 0 Å². The summed E-state index contributed by atoms with van der Waals surface area (Å²) >= 11 is 0. The van der Waals surface area contributed by atoms with Crippen molar-refractivity contribution in [3.63, 3.8) is 0 Å². The zero-order valence-electron chi connectivity index (χ0n) is 7.83. The first-order chi connectivity index (χ1) is 6.36. The fourth-order valence-electron chi connectivity index (χ4n) is 1.50. The molecule has 1 aromatic rings. The van der Waals surface area contributed by atoms with Crippen LogP contribution in [0, 0.1) is 6.92 Å². The highest BCUT2D eigenvalue weighted by Gasteiger charge is 1.90. The zero-order chi connectivity index (χ0) is 9.10. The van der Waals surface area contributed by atoms with E-state index in [4.69, 9.17) is 0 Å². The molecule has 0 bridgehead atoms. The van der Waals surface area contributed by atoms with E-state index in [9.17, 15) is 0 Å². The summed E-state index contributed by atoms with van der Waals surface area (Å²) in [6, 6.07) is 6.38. The maximum atomic E-state index is 4.38. The zero-order valence-corrected chi connectivity index (χ0v) is 7.83. The third kappa shape index (κ3) is 1.86. The van der Waals surface area contributed by atoms with Crippen molar-refractivity contribution in [1.29, 1.82) is 0 Å². The quantitative estimate of drug-likeness (QED) is 0.563. The van der Waals surface area contributed by atoms with Gasteiger partial charge in [-0.25, -0.2) is 0 Å². The average Bonchev–Trinajstić information content (AvgIpc) is 2.08. The molecule has 0 aromatic heterocycles. The highest BCUT2D eigenvalue weighted by molar-refractivity contribution is 5.27. The van der Waals surface area contributed by atoms with E-state index in [0.717, 1.165) is 18.2 Å². The van der Waals surface area contributed by atoms with Crippen LogP contribution in [0.15, 0.2) is 35.5 Å². The van der Waals surface area contributed by atoms with Crippen LogP contribution in [0.4, 0.5) is 0 Å². The van der Waals surface area contributed by atoms with Crippen LogP contribution in [0.2, 0.25) is 0 Å². The molecule has 0 unspecified atom stereocenters. The predicted octanol–water partition coefficient (Wildman–Crippen LogP) is 1.70. The fourth-order valence-corrected chi connectivity index (χ4v) is 1.50. The standard InChI is InChI=1S/C12H13N/c1-10-6-7-12-11(9-10)5-3-2-4-8-13-12/h4-9H,2-3H2,1H3/b8-4-,11-5-,13-12+. The van der Waals surface area contributed by atoms with E-state index in [1.54, 1.807) is 0 Å². The first-order valence-electron chi connectivity index (χ1n) is 4.66. The molecule has 0 amide bonds. The minimum absolute atomic E-state index is 1.08. The van der Waals surface area contributed by atoms with Gasteiger partial charge >= 0.3 is 0 Å². The summed E-state index contributed by atoms with van der Waals surface area (Å²) in [6.07, 6.45) is 8.48. The van der Waals surface area contributed by atoms with Crippen LogP contribution < -0.4 is 10.6 Å². The summed E-state index contributed by atoms with van der Waals surface area (Å²) in [5, 5.41) is 2.35. The molecular formula is C12H13N. The molecule has 66 valence electrons. The van der Waals surface area contributed by atoms with Crippen LogP contribution in [0.5, 0.6) is 0 Å². The summed E-state index contributed by atoms with van der Waals surface area (Å²) in [4.78, 5) is 4.38. The molecule has 1 aliphatic rings. The minimum Gasteiger partial charge on any atom is -0.257 e.